The Morgan fingerprint density at radius 3 is 0.978 bits per heavy atom. The molecule has 68 heteroatoms. The van der Waals surface area contributed by atoms with Gasteiger partial charge in [0.15, 0.2) is 0 Å². The number of para-hydroxylation sites is 2. The number of amides is 4. The van der Waals surface area contributed by atoms with Crippen LogP contribution in [-0.2, 0) is 134 Å². The fraction of sp³-hybridized carbons (Fsp3) is 0.0882. The number of fused-ring (bicyclic) bond motifs is 2. The number of aromatic nitrogens is 1. The number of urea groups is 2. The molecule has 0 aliphatic rings. The Labute approximate surface area is 821 Å². The predicted molar refractivity (Wildman–Crippen MR) is 492 cm³/mol. The fourth-order valence-corrected chi connectivity index (χ4v) is 26.9. The van der Waals surface area contributed by atoms with Crippen LogP contribution in [0.2, 0.25) is 9.36 Å². The molecule has 0 spiro atoms. The molecule has 37 nitrogen and oxygen atoms in total. The summed E-state index contributed by atoms with van der Waals surface area (Å²) in [5, 5.41) is 18.3. The molecule has 4 amide bonds. The number of carboxylic acid groups (broad SMARTS) is 1. The van der Waals surface area contributed by atoms with Crippen LogP contribution in [0.1, 0.15) is 32.6 Å². The van der Waals surface area contributed by atoms with Crippen LogP contribution in [0.5, 0.6) is 0 Å². The minimum absolute atomic E-state index is 0.0561. The smallest absolute Gasteiger partial charge is 0.335 e. The first-order valence-corrected chi connectivity index (χ1v) is 62.5. The van der Waals surface area contributed by atoms with Gasteiger partial charge in [0, 0.05) is 120 Å². The van der Waals surface area contributed by atoms with E-state index < -0.39 is 201 Å². The van der Waals surface area contributed by atoms with Crippen molar-refractivity contribution in [3.05, 3.63) is 219 Å². The van der Waals surface area contributed by atoms with Gasteiger partial charge in [0.1, 0.15) is 42.8 Å². The second-order valence-electron chi connectivity index (χ2n) is 25.5. The number of hydrogen-bond acceptors (Lipinski definition) is 33. The first-order chi connectivity index (χ1) is 61.5. The first kappa shape index (κ1) is 119. The van der Waals surface area contributed by atoms with Gasteiger partial charge in [0.2, 0.25) is 0 Å². The summed E-state index contributed by atoms with van der Waals surface area (Å²) in [6.07, 6.45) is 0. The van der Waals surface area contributed by atoms with E-state index in [4.69, 9.17) is 114 Å². The van der Waals surface area contributed by atoms with Gasteiger partial charge in [-0.2, -0.15) is 50.5 Å². The number of anilines is 2. The number of carbonyl (C=O) groups excluding carboxylic acids is 2. The van der Waals surface area contributed by atoms with Gasteiger partial charge < -0.3 is 26.4 Å². The van der Waals surface area contributed by atoms with Crippen molar-refractivity contribution < 1.29 is 161 Å². The van der Waals surface area contributed by atoms with Crippen LogP contribution in [0.4, 0.5) is 44.3 Å². The summed E-state index contributed by atoms with van der Waals surface area (Å²) in [5.74, 6) is -1.72. The number of rotatable bonds is 21. The zero-order valence-electron chi connectivity index (χ0n) is 66.5. The van der Waals surface area contributed by atoms with Crippen LogP contribution in [-0.4, -0.2) is 159 Å². The third kappa shape index (κ3) is 34.5. The van der Waals surface area contributed by atoms with Gasteiger partial charge in [-0.05, 0) is 159 Å². The number of carbonyl (C=O) groups is 3. The second kappa shape index (κ2) is 45.8. The van der Waals surface area contributed by atoms with Crippen LogP contribution < -0.4 is 21.3 Å². The highest BCUT2D eigenvalue weighted by atomic mass is 35.7. The molecule has 136 heavy (non-hydrogen) atoms. The molecule has 0 bridgehead atoms. The Morgan fingerprint density at radius 2 is 0.669 bits per heavy atom. The normalized spacial score (nSPS) is 12.4. The Bertz CT molecular complexity index is 8080. The summed E-state index contributed by atoms with van der Waals surface area (Å²) in [5.41, 5.74) is 1.21. The van der Waals surface area contributed by atoms with E-state index in [0.717, 1.165) is 54.6 Å². The highest BCUT2D eigenvalue weighted by Gasteiger charge is 2.31. The summed E-state index contributed by atoms with van der Waals surface area (Å²) in [6.45, 7) is 5.93. The first-order valence-electron chi connectivity index (χ1n) is 34.1. The van der Waals surface area contributed by atoms with Gasteiger partial charge in [0.05, 0.1) is 62.5 Å². The number of hydrogen-bond donors (Lipinski definition) is 5. The summed E-state index contributed by atoms with van der Waals surface area (Å²) >= 11 is 12.1. The third-order valence-corrected chi connectivity index (χ3v) is 35.6. The molecule has 2 aromatic heterocycles. The van der Waals surface area contributed by atoms with E-state index in [2.05, 4.69) is 26.3 Å². The number of nitrogens with one attached hydrogen (secondary N) is 4. The Hall–Kier alpha value is -7.86. The quantitative estimate of drug-likeness (QED) is 0.0253. The van der Waals surface area contributed by atoms with E-state index in [1.165, 1.54) is 116 Å². The SMILES string of the molecule is Cc1c(C)c(S(=O)(=O)Cl)c(C)c(S(=O)(=O)Cl)c1C.O=C(NCCNC(=O)Nc1ccccc1S(=O)(=O)F)Nc1ccccc1S(=O)(=O)F.O=C(O)c1cc(S(=O)(=O)F)cc(S(=O)(=O)F)c1.O=S(=O)(Cl)c1cc(S(=O)(=O)Cl)c(Cl)s1.O=S(=O)(Cl)c1cccc2c(S(=O)(=O)Cl)cccc12.O=S(=O)(Cl)c1ccccc1S(=O)(=O)Cl.O=S(=O)(F)c1ccc(-c2cc(Cl)c3cc(S(=O)(=O)F)ccc3n2)cc1. The van der Waals surface area contributed by atoms with Crippen LogP contribution in [0.3, 0.4) is 0 Å². The monoisotopic (exact) mass is 2390 g/mol. The van der Waals surface area contributed by atoms with Crippen LogP contribution in [0, 0.1) is 27.7 Å². The van der Waals surface area contributed by atoms with Crippen molar-refractivity contribution in [2.45, 2.75) is 95.5 Å². The van der Waals surface area contributed by atoms with E-state index in [1.807, 2.05) is 0 Å². The van der Waals surface area contributed by atoms with Crippen molar-refractivity contribution in [2.75, 3.05) is 23.7 Å². The summed E-state index contributed by atoms with van der Waals surface area (Å²) in [4.78, 5) is 31.3. The number of thiophene rings is 1. The summed E-state index contributed by atoms with van der Waals surface area (Å²) in [6, 6.07) is 32.7. The molecule has 9 aromatic carbocycles. The number of halogens is 16. The fourth-order valence-electron chi connectivity index (χ4n) is 10.6. The van der Waals surface area contributed by atoms with Gasteiger partial charge in [0.25, 0.3) is 72.4 Å². The van der Waals surface area contributed by atoms with Crippen molar-refractivity contribution >= 4 is 305 Å². The Balaban J connectivity index is 0.000000285. The van der Waals surface area contributed by atoms with Gasteiger partial charge in [-0.15, -0.1) is 34.7 Å². The van der Waals surface area contributed by atoms with E-state index in [-0.39, 0.29) is 85.4 Å². The molecule has 0 unspecified atom stereocenters. The maximum absolute atomic E-state index is 13.2. The minimum Gasteiger partial charge on any atom is -0.478 e. The number of carboxylic acids is 1. The lowest BCUT2D eigenvalue weighted by atomic mass is 10.0. The molecule has 0 radical (unpaired) electrons. The van der Waals surface area contributed by atoms with Crippen molar-refractivity contribution in [3.63, 3.8) is 0 Å². The van der Waals surface area contributed by atoms with Crippen LogP contribution >= 0.6 is 120 Å². The number of pyridine rings is 1. The van der Waals surface area contributed by atoms with Crippen molar-refractivity contribution in [1.82, 2.24) is 15.6 Å². The third-order valence-electron chi connectivity index (χ3n) is 16.5. The van der Waals surface area contributed by atoms with E-state index >= 15 is 0 Å². The maximum Gasteiger partial charge on any atom is 0.335 e. The molecule has 742 valence electrons. The molecule has 0 atom stereocenters. The molecule has 0 aliphatic carbocycles. The van der Waals surface area contributed by atoms with Crippen LogP contribution in [0.25, 0.3) is 32.9 Å². The molecule has 0 aliphatic heterocycles. The second-order valence-corrected chi connectivity index (χ2v) is 56.0. The summed E-state index contributed by atoms with van der Waals surface area (Å²) < 4.78 is 386. The zero-order chi connectivity index (χ0) is 104. The topological polar surface area (TPSA) is 610 Å². The highest BCUT2D eigenvalue weighted by molar-refractivity contribution is 8.17. The lowest BCUT2D eigenvalue weighted by molar-refractivity contribution is 0.0695. The van der Waals surface area contributed by atoms with Gasteiger partial charge in [-0.3, -0.25) is 0 Å². The lowest BCUT2D eigenvalue weighted by Crippen LogP contribution is -2.38. The van der Waals surface area contributed by atoms with Crippen molar-refractivity contribution in [1.29, 1.82) is 0 Å². The molecule has 11 aromatic rings. The molecule has 0 fully saturated rings. The number of benzene rings is 9. The van der Waals surface area contributed by atoms with Gasteiger partial charge in [-0.25, -0.2) is 86.7 Å². The molecular weight excluding hydrogens is 2350 g/mol. The number of aromatic carboxylic acids is 1. The van der Waals surface area contributed by atoms with Crippen molar-refractivity contribution in [2.24, 2.45) is 0 Å². The lowest BCUT2D eigenvalue weighted by Gasteiger charge is -2.16. The molecule has 2 heterocycles. The Morgan fingerprint density at radius 1 is 0.331 bits per heavy atom. The van der Waals surface area contributed by atoms with Crippen LogP contribution in [0.15, 0.2) is 250 Å². The average Bonchev–Trinajstić information content (AvgIpc) is 0.834. The van der Waals surface area contributed by atoms with Crippen molar-refractivity contribution in [3.8, 4) is 11.3 Å². The predicted octanol–water partition coefficient (Wildman–Crippen LogP) is 15.8. The summed E-state index contributed by atoms with van der Waals surface area (Å²) in [7, 11) is -21.4. The molecular formula is C68H51Cl10F6N5O32S15. The average molecular weight is 2400 g/mol. The Kier molecular flexibility index (Phi) is 40.0. The van der Waals surface area contributed by atoms with E-state index in [0.29, 0.717) is 56.9 Å². The highest BCUT2D eigenvalue weighted by Crippen LogP contribution is 2.40. The largest absolute Gasteiger partial charge is 0.478 e. The number of nitrogens with zero attached hydrogens (tertiary/aromatic N) is 1. The zero-order valence-corrected chi connectivity index (χ0v) is 86.3. The molecule has 0 saturated carbocycles. The van der Waals surface area contributed by atoms with E-state index in [1.54, 1.807) is 20.8 Å². The molecule has 5 N–H and O–H groups in total. The van der Waals surface area contributed by atoms with Gasteiger partial charge in [-0.1, -0.05) is 96.0 Å². The molecule has 11 rings (SSSR count). The minimum atomic E-state index is -5.34. The maximum atomic E-state index is 13.2. The van der Waals surface area contributed by atoms with E-state index in [9.17, 15) is 156 Å². The molecule has 0 saturated heterocycles. The van der Waals surface area contributed by atoms with Gasteiger partial charge >= 0.3 is 79.4 Å². The standard InChI is InChI=1S/C16H16F2N4O6S2.C15H8ClF2NO4S2.C10H6Cl2O4S2.C10H12Cl2O4S2.C7H4F2O6S2.C6H4Cl2O4S2.C4HCl3O4S3/c17-29(25,26)13-7-3-1-5-11(13)21-15(23)19-9-10-20-16(24)22-12-6-2-4-8-14(12)30(18,27)28;16-13-8-15(9-1-3-10(4-2-9)24(17,20)21)19-14-6-5-11(7-12(13)14)25(18,22)23;11-17(13,14)9-5-1-3-7-8(9)4-2-6-10(7)18(12,15)16;1-5-6(2)9(17(11,13)14)8(4)10(7(5)3)18(12,15)16;8-16(12,13)5-1-4(7(10)11)2-6(3-5)17(9,14)15;7-13(9,10)5-3-1-2-4-6(5)14(8,11)12;5-4-2(13(6,8)9)1-3(12-4)14(7,10)11/h1-8H,9-10H2,(H2,19,21,23)(H2,20,22,24);1-8H;1-6H;1-4H3;1-3H,(H,10,11);1-4H;1H.